The number of amides is 1. The van der Waals surface area contributed by atoms with Crippen LogP contribution in [-0.4, -0.2) is 68.1 Å². The summed E-state index contributed by atoms with van der Waals surface area (Å²) >= 11 is 1.53. The number of nitrogens with zero attached hydrogens (tertiary/aromatic N) is 5. The minimum Gasteiger partial charge on any atom is -0.438 e. The summed E-state index contributed by atoms with van der Waals surface area (Å²) in [5.41, 5.74) is 1.05. The first kappa shape index (κ1) is 24.8. The zero-order valence-electron chi connectivity index (χ0n) is 20.7. The molecular weight excluding hydrogens is 460 g/mol. The second kappa shape index (κ2) is 11.4. The highest BCUT2D eigenvalue weighted by atomic mass is 32.2. The number of hydrogen-bond acceptors (Lipinski definition) is 8. The predicted octanol–water partition coefficient (Wildman–Crippen LogP) is 4.59. The van der Waals surface area contributed by atoms with Gasteiger partial charge in [0.2, 0.25) is 11.8 Å². The highest BCUT2D eigenvalue weighted by Crippen LogP contribution is 2.38. The van der Waals surface area contributed by atoms with Crippen molar-refractivity contribution >= 4 is 35.0 Å². The number of carbonyl (C=O) groups is 1. The minimum absolute atomic E-state index is 0.0670. The molecule has 0 radical (unpaired) electrons. The number of aromatic nitrogens is 2. The van der Waals surface area contributed by atoms with Gasteiger partial charge in [-0.25, -0.2) is 4.98 Å². The van der Waals surface area contributed by atoms with Gasteiger partial charge < -0.3 is 24.8 Å². The summed E-state index contributed by atoms with van der Waals surface area (Å²) in [6.07, 6.45) is 2.10. The van der Waals surface area contributed by atoms with Crippen molar-refractivity contribution < 1.29 is 9.53 Å². The summed E-state index contributed by atoms with van der Waals surface area (Å²) in [4.78, 5) is 29.5. The third-order valence-corrected chi connectivity index (χ3v) is 6.75. The third-order valence-electron chi connectivity index (χ3n) is 5.73. The zero-order valence-corrected chi connectivity index (χ0v) is 21.5. The molecule has 0 spiro atoms. The molecule has 9 heteroatoms. The molecule has 8 nitrogen and oxygen atoms in total. The first-order chi connectivity index (χ1) is 16.9. The molecule has 0 unspecified atom stereocenters. The number of likely N-dealkylation sites (N-methyl/N-ethyl adjacent to an activating group) is 1. The van der Waals surface area contributed by atoms with E-state index in [-0.39, 0.29) is 5.91 Å². The molecule has 2 aromatic heterocycles. The van der Waals surface area contributed by atoms with Gasteiger partial charge in [-0.2, -0.15) is 4.98 Å². The Hall–Kier alpha value is -3.30. The molecule has 1 aliphatic heterocycles. The van der Waals surface area contributed by atoms with Crippen LogP contribution in [0.5, 0.6) is 11.6 Å². The van der Waals surface area contributed by atoms with Gasteiger partial charge in [-0.3, -0.25) is 4.79 Å². The highest BCUT2D eigenvalue weighted by molar-refractivity contribution is 7.99. The van der Waals surface area contributed by atoms with Gasteiger partial charge in [-0.15, -0.1) is 0 Å². The fourth-order valence-electron chi connectivity index (χ4n) is 3.62. The summed E-state index contributed by atoms with van der Waals surface area (Å²) in [7, 11) is 6.15. The first-order valence-corrected chi connectivity index (χ1v) is 12.6. The van der Waals surface area contributed by atoms with Crippen LogP contribution in [0, 0.1) is 0 Å². The standard InChI is InChI=1S/C26H32N6O2S/c1-5-25(33)28-23-18-21(11-12-27-23)35-22-9-10-24(32-15-13-31(4)14-16-32)29-26(22)34-20-8-6-7-19(17-20)30(2)3/h6-12,17-18H,5,13-16H2,1-4H3,(H,27,28,33). The summed E-state index contributed by atoms with van der Waals surface area (Å²) < 4.78 is 6.36. The number of carbonyl (C=O) groups excluding carboxylic acids is 1. The lowest BCUT2D eigenvalue weighted by molar-refractivity contribution is -0.115. The number of pyridine rings is 2. The molecule has 35 heavy (non-hydrogen) atoms. The molecule has 4 rings (SSSR count). The van der Waals surface area contributed by atoms with E-state index in [4.69, 9.17) is 9.72 Å². The summed E-state index contributed by atoms with van der Waals surface area (Å²) in [6, 6.07) is 15.9. The number of rotatable bonds is 8. The summed E-state index contributed by atoms with van der Waals surface area (Å²) in [5, 5.41) is 2.82. The monoisotopic (exact) mass is 492 g/mol. The maximum absolute atomic E-state index is 11.8. The van der Waals surface area contributed by atoms with Crippen molar-refractivity contribution in [1.82, 2.24) is 14.9 Å². The van der Waals surface area contributed by atoms with Gasteiger partial charge in [-0.1, -0.05) is 24.8 Å². The highest BCUT2D eigenvalue weighted by Gasteiger charge is 2.18. The number of piperazine rings is 1. The number of anilines is 3. The fourth-order valence-corrected chi connectivity index (χ4v) is 4.48. The second-order valence-corrected chi connectivity index (χ2v) is 9.75. The average molecular weight is 493 g/mol. The lowest BCUT2D eigenvalue weighted by atomic mass is 10.3. The molecule has 1 N–H and O–H groups in total. The molecule has 0 aliphatic carbocycles. The molecule has 3 heterocycles. The van der Waals surface area contributed by atoms with Gasteiger partial charge in [0, 0.05) is 69.5 Å². The molecule has 1 aliphatic rings. The molecule has 1 fully saturated rings. The Morgan fingerprint density at radius 3 is 2.66 bits per heavy atom. The summed E-state index contributed by atoms with van der Waals surface area (Å²) in [5.74, 6) is 2.66. The smallest absolute Gasteiger partial charge is 0.235 e. The molecule has 184 valence electrons. The van der Waals surface area contributed by atoms with Crippen LogP contribution in [0.25, 0.3) is 0 Å². The van der Waals surface area contributed by atoms with Gasteiger partial charge >= 0.3 is 0 Å². The van der Waals surface area contributed by atoms with E-state index >= 15 is 0 Å². The molecule has 0 saturated carbocycles. The lowest BCUT2D eigenvalue weighted by Crippen LogP contribution is -2.44. The van der Waals surface area contributed by atoms with Gasteiger partial charge in [0.15, 0.2) is 0 Å². The topological polar surface area (TPSA) is 73.8 Å². The number of ether oxygens (including phenoxy) is 1. The minimum atomic E-state index is -0.0670. The quantitative estimate of drug-likeness (QED) is 0.490. The SMILES string of the molecule is CCC(=O)Nc1cc(Sc2ccc(N3CCN(C)CC3)nc2Oc2cccc(N(C)C)c2)ccn1. The van der Waals surface area contributed by atoms with E-state index in [1.165, 1.54) is 11.8 Å². The van der Waals surface area contributed by atoms with Crippen molar-refractivity contribution in [2.45, 2.75) is 23.1 Å². The van der Waals surface area contributed by atoms with Gasteiger partial charge in [0.05, 0.1) is 4.90 Å². The van der Waals surface area contributed by atoms with Crippen LogP contribution < -0.4 is 19.9 Å². The Morgan fingerprint density at radius 1 is 1.11 bits per heavy atom. The molecule has 0 atom stereocenters. The van der Waals surface area contributed by atoms with Crippen molar-refractivity contribution in [2.75, 3.05) is 62.4 Å². The largest absolute Gasteiger partial charge is 0.438 e. The fraction of sp³-hybridized carbons (Fsp3) is 0.346. The van der Waals surface area contributed by atoms with Crippen LogP contribution in [-0.2, 0) is 4.79 Å². The van der Waals surface area contributed by atoms with Crippen LogP contribution >= 0.6 is 11.8 Å². The van der Waals surface area contributed by atoms with Crippen molar-refractivity contribution in [3.8, 4) is 11.6 Å². The Bertz CT molecular complexity index is 1160. The van der Waals surface area contributed by atoms with E-state index in [1.807, 2.05) is 62.3 Å². The van der Waals surface area contributed by atoms with Crippen LogP contribution in [0.4, 0.5) is 17.3 Å². The van der Waals surface area contributed by atoms with Gasteiger partial charge in [0.1, 0.15) is 17.4 Å². The van der Waals surface area contributed by atoms with E-state index in [9.17, 15) is 4.79 Å². The zero-order chi connectivity index (χ0) is 24.8. The van der Waals surface area contributed by atoms with Crippen molar-refractivity contribution in [1.29, 1.82) is 0 Å². The molecule has 1 aromatic carbocycles. The van der Waals surface area contributed by atoms with E-state index in [1.54, 1.807) is 6.20 Å². The van der Waals surface area contributed by atoms with Gasteiger partial charge in [-0.05, 0) is 43.4 Å². The van der Waals surface area contributed by atoms with Crippen molar-refractivity contribution in [3.05, 3.63) is 54.7 Å². The van der Waals surface area contributed by atoms with Gasteiger partial charge in [0.25, 0.3) is 0 Å². The second-order valence-electron chi connectivity index (χ2n) is 8.64. The Morgan fingerprint density at radius 2 is 1.91 bits per heavy atom. The normalized spacial score (nSPS) is 14.0. The van der Waals surface area contributed by atoms with Crippen LogP contribution in [0.3, 0.4) is 0 Å². The van der Waals surface area contributed by atoms with Crippen LogP contribution in [0.2, 0.25) is 0 Å². The van der Waals surface area contributed by atoms with E-state index < -0.39 is 0 Å². The molecule has 1 saturated heterocycles. The molecule has 0 bridgehead atoms. The predicted molar refractivity (Wildman–Crippen MR) is 142 cm³/mol. The summed E-state index contributed by atoms with van der Waals surface area (Å²) in [6.45, 7) is 5.67. The number of benzene rings is 1. The Balaban J connectivity index is 1.63. The van der Waals surface area contributed by atoms with Crippen molar-refractivity contribution in [3.63, 3.8) is 0 Å². The third kappa shape index (κ3) is 6.64. The van der Waals surface area contributed by atoms with Crippen LogP contribution in [0.15, 0.2) is 64.5 Å². The number of nitrogens with one attached hydrogen (secondary N) is 1. The first-order valence-electron chi connectivity index (χ1n) is 11.7. The Labute approximate surface area is 211 Å². The number of hydrogen-bond donors (Lipinski definition) is 1. The van der Waals surface area contributed by atoms with E-state index in [0.29, 0.717) is 18.1 Å². The maximum atomic E-state index is 11.8. The van der Waals surface area contributed by atoms with E-state index in [0.717, 1.165) is 53.2 Å². The Kier molecular flexibility index (Phi) is 8.09. The van der Waals surface area contributed by atoms with Crippen molar-refractivity contribution in [2.24, 2.45) is 0 Å². The molecule has 1 amide bonds. The lowest BCUT2D eigenvalue weighted by Gasteiger charge is -2.33. The van der Waals surface area contributed by atoms with Crippen LogP contribution in [0.1, 0.15) is 13.3 Å². The maximum Gasteiger partial charge on any atom is 0.235 e. The average Bonchev–Trinajstić information content (AvgIpc) is 2.86. The van der Waals surface area contributed by atoms with E-state index in [2.05, 4.69) is 39.3 Å². The molecular formula is C26H32N6O2S. The molecule has 3 aromatic rings.